The van der Waals surface area contributed by atoms with Gasteiger partial charge in [-0.05, 0) is 30.4 Å². The second kappa shape index (κ2) is 5.83. The minimum atomic E-state index is 0.0174. The summed E-state index contributed by atoms with van der Waals surface area (Å²) < 4.78 is 0. The van der Waals surface area contributed by atoms with Crippen LogP contribution < -0.4 is 5.32 Å². The molecular formula is C14H26N2OS. The van der Waals surface area contributed by atoms with E-state index in [1.807, 2.05) is 11.8 Å². The summed E-state index contributed by atoms with van der Waals surface area (Å²) in [6, 6.07) is 0.0174. The Morgan fingerprint density at radius 1 is 1.33 bits per heavy atom. The first-order valence-corrected chi connectivity index (χ1v) is 8.23. The maximum atomic E-state index is 12.5. The van der Waals surface area contributed by atoms with Gasteiger partial charge in [-0.1, -0.05) is 27.7 Å². The van der Waals surface area contributed by atoms with Crippen LogP contribution in [0.4, 0.5) is 0 Å². The molecule has 0 aromatic heterocycles. The second-order valence-electron chi connectivity index (χ2n) is 6.20. The number of carbonyl (C=O) groups excluding carboxylic acids is 1. The second-order valence-corrected chi connectivity index (χ2v) is 7.61. The van der Waals surface area contributed by atoms with Crippen molar-refractivity contribution in [3.63, 3.8) is 0 Å². The van der Waals surface area contributed by atoms with Gasteiger partial charge in [-0.2, -0.15) is 11.8 Å². The molecule has 2 fully saturated rings. The highest BCUT2D eigenvalue weighted by Gasteiger charge is 2.42. The number of hydrogen-bond acceptors (Lipinski definition) is 3. The van der Waals surface area contributed by atoms with Gasteiger partial charge >= 0.3 is 0 Å². The van der Waals surface area contributed by atoms with Gasteiger partial charge in [-0.3, -0.25) is 10.1 Å². The smallest absolute Gasteiger partial charge is 0.241 e. The molecule has 1 N–H and O–H groups in total. The van der Waals surface area contributed by atoms with Crippen molar-refractivity contribution in [3.05, 3.63) is 0 Å². The molecule has 2 rings (SSSR count). The fourth-order valence-corrected chi connectivity index (χ4v) is 4.17. The summed E-state index contributed by atoms with van der Waals surface area (Å²) in [5, 5.41) is 4.19. The first-order chi connectivity index (χ1) is 8.50. The maximum absolute atomic E-state index is 12.5. The molecule has 0 bridgehead atoms. The molecule has 2 saturated heterocycles. The van der Waals surface area contributed by atoms with E-state index in [0.29, 0.717) is 23.0 Å². The molecule has 104 valence electrons. The number of thioether (sulfide) groups is 1. The summed E-state index contributed by atoms with van der Waals surface area (Å²) in [5.74, 6) is 2.43. The zero-order valence-corrected chi connectivity index (χ0v) is 12.8. The van der Waals surface area contributed by atoms with Crippen molar-refractivity contribution in [1.82, 2.24) is 10.2 Å². The zero-order valence-electron chi connectivity index (χ0n) is 12.0. The lowest BCUT2D eigenvalue weighted by atomic mass is 10.0. The van der Waals surface area contributed by atoms with Gasteiger partial charge in [-0.15, -0.1) is 0 Å². The molecule has 3 nitrogen and oxygen atoms in total. The highest BCUT2D eigenvalue weighted by atomic mass is 32.2. The van der Waals surface area contributed by atoms with Crippen molar-refractivity contribution >= 4 is 17.7 Å². The highest BCUT2D eigenvalue weighted by molar-refractivity contribution is 8.00. The minimum absolute atomic E-state index is 0.0174. The van der Waals surface area contributed by atoms with Gasteiger partial charge in [0.1, 0.15) is 0 Å². The van der Waals surface area contributed by atoms with Gasteiger partial charge in [0, 0.05) is 11.8 Å². The number of amides is 1. The van der Waals surface area contributed by atoms with E-state index in [1.54, 1.807) is 0 Å². The Kier molecular flexibility index (Phi) is 4.59. The minimum Gasteiger partial charge on any atom is -0.324 e. The first-order valence-electron chi connectivity index (χ1n) is 7.19. The largest absolute Gasteiger partial charge is 0.324 e. The van der Waals surface area contributed by atoms with Gasteiger partial charge < -0.3 is 4.90 Å². The third-order valence-corrected chi connectivity index (χ3v) is 5.34. The predicted molar refractivity (Wildman–Crippen MR) is 77.6 cm³/mol. The van der Waals surface area contributed by atoms with Crippen LogP contribution in [0.1, 0.15) is 40.5 Å². The monoisotopic (exact) mass is 270 g/mol. The molecule has 2 aliphatic rings. The third kappa shape index (κ3) is 2.85. The Hall–Kier alpha value is -0.220. The third-order valence-electron chi connectivity index (χ3n) is 3.96. The Bertz CT molecular complexity index is 300. The quantitative estimate of drug-likeness (QED) is 0.851. The number of carbonyl (C=O) groups is 1. The van der Waals surface area contributed by atoms with Crippen molar-refractivity contribution in [3.8, 4) is 0 Å². The van der Waals surface area contributed by atoms with Gasteiger partial charge in [0.25, 0.3) is 0 Å². The molecule has 2 aliphatic heterocycles. The highest BCUT2D eigenvalue weighted by Crippen LogP contribution is 2.30. The van der Waals surface area contributed by atoms with Crippen LogP contribution in [-0.2, 0) is 4.79 Å². The SMILES string of the molecule is CC(C)C1NC(C(C)C)N(CC2CCCS2)C1=O. The predicted octanol–water partition coefficient (Wildman–Crippen LogP) is 2.32. The lowest BCUT2D eigenvalue weighted by Crippen LogP contribution is -2.44. The molecule has 0 aliphatic carbocycles. The van der Waals surface area contributed by atoms with Gasteiger partial charge in [0.05, 0.1) is 12.2 Å². The van der Waals surface area contributed by atoms with Crippen LogP contribution in [0.15, 0.2) is 0 Å². The fraction of sp³-hybridized carbons (Fsp3) is 0.929. The average molecular weight is 270 g/mol. The van der Waals surface area contributed by atoms with Gasteiger partial charge in [0.2, 0.25) is 5.91 Å². The molecule has 4 heteroatoms. The van der Waals surface area contributed by atoms with Crippen LogP contribution in [0.25, 0.3) is 0 Å². The van der Waals surface area contributed by atoms with Crippen LogP contribution in [0.2, 0.25) is 0 Å². The molecule has 1 amide bonds. The van der Waals surface area contributed by atoms with Crippen LogP contribution in [0, 0.1) is 11.8 Å². The van der Waals surface area contributed by atoms with Crippen molar-refractivity contribution in [2.45, 2.75) is 58.0 Å². The van der Waals surface area contributed by atoms with E-state index in [2.05, 4.69) is 37.9 Å². The van der Waals surface area contributed by atoms with Crippen LogP contribution in [0.3, 0.4) is 0 Å². The van der Waals surface area contributed by atoms with E-state index in [9.17, 15) is 4.79 Å². The maximum Gasteiger partial charge on any atom is 0.241 e. The standard InChI is InChI=1S/C14H26N2OS/c1-9(2)12-14(17)16(13(15-12)10(3)4)8-11-6-5-7-18-11/h9-13,15H,5-8H2,1-4H3. The summed E-state index contributed by atoms with van der Waals surface area (Å²) in [7, 11) is 0. The van der Waals surface area contributed by atoms with Crippen LogP contribution in [-0.4, -0.2) is 40.6 Å². The molecule has 0 radical (unpaired) electrons. The number of hydrogen-bond donors (Lipinski definition) is 1. The zero-order chi connectivity index (χ0) is 13.3. The van der Waals surface area contributed by atoms with Crippen molar-refractivity contribution in [1.29, 1.82) is 0 Å². The van der Waals surface area contributed by atoms with Crippen molar-refractivity contribution < 1.29 is 4.79 Å². The average Bonchev–Trinajstić information content (AvgIpc) is 2.88. The number of nitrogens with one attached hydrogen (secondary N) is 1. The van der Waals surface area contributed by atoms with E-state index in [-0.39, 0.29) is 12.2 Å². The van der Waals surface area contributed by atoms with Gasteiger partial charge in [0.15, 0.2) is 0 Å². The summed E-state index contributed by atoms with van der Waals surface area (Å²) in [4.78, 5) is 14.6. The molecule has 3 atom stereocenters. The van der Waals surface area contributed by atoms with Crippen LogP contribution >= 0.6 is 11.8 Å². The molecule has 18 heavy (non-hydrogen) atoms. The van der Waals surface area contributed by atoms with E-state index in [0.717, 1.165) is 6.54 Å². The Balaban J connectivity index is 2.06. The number of rotatable bonds is 4. The van der Waals surface area contributed by atoms with E-state index < -0.39 is 0 Å². The molecule has 3 unspecified atom stereocenters. The van der Waals surface area contributed by atoms with E-state index in [4.69, 9.17) is 0 Å². The van der Waals surface area contributed by atoms with Crippen LogP contribution in [0.5, 0.6) is 0 Å². The molecule has 0 aromatic rings. The Morgan fingerprint density at radius 2 is 2.06 bits per heavy atom. The molecular weight excluding hydrogens is 244 g/mol. The summed E-state index contributed by atoms with van der Waals surface area (Å²) in [6.07, 6.45) is 2.81. The number of nitrogens with zero attached hydrogens (tertiary/aromatic N) is 1. The first kappa shape index (κ1) is 14.2. The Labute approximate surface area is 115 Å². The molecule has 0 spiro atoms. The van der Waals surface area contributed by atoms with E-state index >= 15 is 0 Å². The normalized spacial score (nSPS) is 33.1. The van der Waals surface area contributed by atoms with Crippen molar-refractivity contribution in [2.24, 2.45) is 11.8 Å². The topological polar surface area (TPSA) is 32.3 Å². The lowest BCUT2D eigenvalue weighted by molar-refractivity contribution is -0.131. The van der Waals surface area contributed by atoms with E-state index in [1.165, 1.54) is 18.6 Å². The Morgan fingerprint density at radius 3 is 2.56 bits per heavy atom. The van der Waals surface area contributed by atoms with Gasteiger partial charge in [-0.25, -0.2) is 0 Å². The summed E-state index contributed by atoms with van der Waals surface area (Å²) in [6.45, 7) is 9.58. The van der Waals surface area contributed by atoms with Crippen molar-refractivity contribution in [2.75, 3.05) is 12.3 Å². The summed E-state index contributed by atoms with van der Waals surface area (Å²) in [5.41, 5.74) is 0. The fourth-order valence-electron chi connectivity index (χ4n) is 2.90. The molecule has 0 aromatic carbocycles. The molecule has 2 heterocycles. The summed E-state index contributed by atoms with van der Waals surface area (Å²) >= 11 is 2.03. The molecule has 0 saturated carbocycles. The lowest BCUT2D eigenvalue weighted by Gasteiger charge is -2.29.